The van der Waals surface area contributed by atoms with Gasteiger partial charge in [0.15, 0.2) is 0 Å². The van der Waals surface area contributed by atoms with Gasteiger partial charge in [0.1, 0.15) is 10.7 Å². The van der Waals surface area contributed by atoms with E-state index in [1.165, 1.54) is 33.7 Å². The third-order valence-corrected chi connectivity index (χ3v) is 7.47. The van der Waals surface area contributed by atoms with Crippen molar-refractivity contribution in [2.24, 2.45) is 5.92 Å². The molecule has 30 heavy (non-hydrogen) atoms. The van der Waals surface area contributed by atoms with Crippen molar-refractivity contribution < 1.29 is 17.6 Å². The molecule has 9 heteroatoms. The van der Waals surface area contributed by atoms with Gasteiger partial charge in [0.05, 0.1) is 30.3 Å². The number of furan rings is 1. The van der Waals surface area contributed by atoms with Crippen LogP contribution in [0.3, 0.4) is 0 Å². The maximum Gasteiger partial charge on any atom is 0.254 e. The number of hydrogen-bond donors (Lipinski definition) is 0. The number of rotatable bonds is 7. The van der Waals surface area contributed by atoms with Crippen molar-refractivity contribution in [1.29, 1.82) is 5.26 Å². The van der Waals surface area contributed by atoms with Crippen LogP contribution >= 0.6 is 11.6 Å². The molecule has 0 N–H and O–H groups in total. The number of amides is 1. The van der Waals surface area contributed by atoms with Gasteiger partial charge in [0, 0.05) is 25.2 Å². The highest BCUT2D eigenvalue weighted by Gasteiger charge is 2.31. The lowest BCUT2D eigenvalue weighted by Gasteiger charge is -2.30. The van der Waals surface area contributed by atoms with Crippen LogP contribution in [-0.2, 0) is 16.6 Å². The highest BCUT2D eigenvalue weighted by molar-refractivity contribution is 7.89. The zero-order chi connectivity index (χ0) is 21.7. The van der Waals surface area contributed by atoms with E-state index in [2.05, 4.69) is 0 Å². The van der Waals surface area contributed by atoms with Crippen LogP contribution in [0.4, 0.5) is 0 Å². The average Bonchev–Trinajstić information content (AvgIpc) is 3.24. The predicted molar refractivity (Wildman–Crippen MR) is 112 cm³/mol. The Kier molecular flexibility index (Phi) is 7.19. The van der Waals surface area contributed by atoms with Gasteiger partial charge in [-0.1, -0.05) is 18.5 Å². The minimum atomic E-state index is -3.81. The van der Waals surface area contributed by atoms with E-state index < -0.39 is 10.0 Å². The van der Waals surface area contributed by atoms with Gasteiger partial charge >= 0.3 is 0 Å². The molecule has 1 unspecified atom stereocenters. The van der Waals surface area contributed by atoms with Crippen LogP contribution in [0.15, 0.2) is 45.9 Å². The van der Waals surface area contributed by atoms with Gasteiger partial charge in [0.25, 0.3) is 5.91 Å². The van der Waals surface area contributed by atoms with Crippen molar-refractivity contribution in [2.75, 3.05) is 19.6 Å². The summed E-state index contributed by atoms with van der Waals surface area (Å²) in [6.07, 6.45) is 3.44. The summed E-state index contributed by atoms with van der Waals surface area (Å²) in [4.78, 5) is 14.5. The number of halogens is 1. The molecule has 0 saturated carbocycles. The molecule has 1 aliphatic heterocycles. The van der Waals surface area contributed by atoms with E-state index in [4.69, 9.17) is 21.3 Å². The number of piperidine rings is 1. The van der Waals surface area contributed by atoms with Crippen molar-refractivity contribution in [3.63, 3.8) is 0 Å². The Hall–Kier alpha value is -2.34. The lowest BCUT2D eigenvalue weighted by Crippen LogP contribution is -2.39. The number of carbonyl (C=O) groups is 1. The Labute approximate surface area is 181 Å². The number of sulfonamides is 1. The fourth-order valence-corrected chi connectivity index (χ4v) is 5.65. The first-order chi connectivity index (χ1) is 14.3. The summed E-state index contributed by atoms with van der Waals surface area (Å²) in [5.74, 6) is 0.457. The number of carbonyl (C=O) groups excluding carboxylic acids is 1. The molecular formula is C21H24ClN3O4S. The molecule has 0 radical (unpaired) electrons. The van der Waals surface area contributed by atoms with Crippen LogP contribution in [-0.4, -0.2) is 43.2 Å². The molecule has 1 aromatic carbocycles. The third-order valence-electron chi connectivity index (χ3n) is 5.12. The fraction of sp³-hybridized carbons (Fsp3) is 0.429. The monoisotopic (exact) mass is 449 g/mol. The molecule has 0 spiro atoms. The van der Waals surface area contributed by atoms with E-state index in [0.29, 0.717) is 18.8 Å². The van der Waals surface area contributed by atoms with Gasteiger partial charge in [-0.25, -0.2) is 8.42 Å². The summed E-state index contributed by atoms with van der Waals surface area (Å²) in [6.45, 7) is 3.27. The molecule has 1 amide bonds. The van der Waals surface area contributed by atoms with Crippen LogP contribution in [0.25, 0.3) is 0 Å². The van der Waals surface area contributed by atoms with E-state index in [-0.39, 0.29) is 46.8 Å². The molecule has 2 heterocycles. The molecule has 1 aromatic heterocycles. The van der Waals surface area contributed by atoms with Crippen molar-refractivity contribution in [2.45, 2.75) is 37.6 Å². The van der Waals surface area contributed by atoms with Crippen LogP contribution < -0.4 is 0 Å². The van der Waals surface area contributed by atoms with Gasteiger partial charge in [-0.3, -0.25) is 4.79 Å². The minimum absolute atomic E-state index is 0.0673. The molecule has 2 aromatic rings. The van der Waals surface area contributed by atoms with E-state index >= 15 is 0 Å². The minimum Gasteiger partial charge on any atom is -0.467 e. The summed E-state index contributed by atoms with van der Waals surface area (Å²) in [5, 5.41) is 9.02. The Morgan fingerprint density at radius 2 is 2.20 bits per heavy atom. The highest BCUT2D eigenvalue weighted by Crippen LogP contribution is 2.29. The second-order valence-corrected chi connectivity index (χ2v) is 9.78. The van der Waals surface area contributed by atoms with E-state index in [0.717, 1.165) is 12.8 Å². The molecule has 160 valence electrons. The second kappa shape index (κ2) is 9.65. The molecule has 0 bridgehead atoms. The Bertz CT molecular complexity index is 1030. The smallest absolute Gasteiger partial charge is 0.254 e. The van der Waals surface area contributed by atoms with Gasteiger partial charge in [-0.15, -0.1) is 0 Å². The van der Waals surface area contributed by atoms with Crippen LogP contribution in [0.1, 0.15) is 42.3 Å². The SMILES string of the molecule is CC1CCCN(S(=O)(=O)c2cc(C(=O)N(CCC#N)Cc3ccco3)ccc2Cl)C1. The topological polar surface area (TPSA) is 94.6 Å². The van der Waals surface area contributed by atoms with Crippen molar-refractivity contribution in [1.82, 2.24) is 9.21 Å². The Morgan fingerprint density at radius 3 is 2.87 bits per heavy atom. The largest absolute Gasteiger partial charge is 0.467 e. The van der Waals surface area contributed by atoms with Crippen molar-refractivity contribution in [3.05, 3.63) is 52.9 Å². The van der Waals surface area contributed by atoms with E-state index in [1.807, 2.05) is 13.0 Å². The number of nitrogens with zero attached hydrogens (tertiary/aromatic N) is 3. The zero-order valence-corrected chi connectivity index (χ0v) is 18.3. The molecule has 7 nitrogen and oxygen atoms in total. The first kappa shape index (κ1) is 22.3. The van der Waals surface area contributed by atoms with E-state index in [9.17, 15) is 13.2 Å². The Morgan fingerprint density at radius 1 is 1.40 bits per heavy atom. The van der Waals surface area contributed by atoms with Crippen LogP contribution in [0, 0.1) is 17.2 Å². The molecule has 3 rings (SSSR count). The molecule has 0 aliphatic carbocycles. The lowest BCUT2D eigenvalue weighted by molar-refractivity contribution is 0.0735. The zero-order valence-electron chi connectivity index (χ0n) is 16.8. The molecule has 1 saturated heterocycles. The maximum atomic E-state index is 13.2. The summed E-state index contributed by atoms with van der Waals surface area (Å²) < 4.78 is 33.1. The summed E-state index contributed by atoms with van der Waals surface area (Å²) in [5.41, 5.74) is 0.201. The van der Waals surface area contributed by atoms with Crippen LogP contribution in [0.2, 0.25) is 5.02 Å². The predicted octanol–water partition coefficient (Wildman–Crippen LogP) is 3.91. The van der Waals surface area contributed by atoms with Crippen LogP contribution in [0.5, 0.6) is 0 Å². The molecule has 1 fully saturated rings. The molecular weight excluding hydrogens is 426 g/mol. The standard InChI is InChI=1S/C21H24ClN3O4S/c1-16-5-2-11-25(14-16)30(27,28)20-13-17(7-8-19(20)22)21(26)24(10-4-9-23)15-18-6-3-12-29-18/h3,6-8,12-13,16H,2,4-5,10-11,14-15H2,1H3. The first-order valence-corrected chi connectivity index (χ1v) is 11.6. The normalized spacial score (nSPS) is 17.4. The van der Waals surface area contributed by atoms with Gasteiger partial charge in [-0.2, -0.15) is 9.57 Å². The lowest BCUT2D eigenvalue weighted by atomic mass is 10.0. The number of benzene rings is 1. The third kappa shape index (κ3) is 5.04. The molecule has 1 aliphatic rings. The van der Waals surface area contributed by atoms with Gasteiger partial charge < -0.3 is 9.32 Å². The number of hydrogen-bond acceptors (Lipinski definition) is 5. The summed E-state index contributed by atoms with van der Waals surface area (Å²) in [6, 6.07) is 9.76. The van der Waals surface area contributed by atoms with E-state index in [1.54, 1.807) is 12.1 Å². The summed E-state index contributed by atoms with van der Waals surface area (Å²) in [7, 11) is -3.81. The van der Waals surface area contributed by atoms with Gasteiger partial charge in [0.2, 0.25) is 10.0 Å². The van der Waals surface area contributed by atoms with Crippen molar-refractivity contribution >= 4 is 27.5 Å². The number of nitriles is 1. The first-order valence-electron chi connectivity index (χ1n) is 9.81. The van der Waals surface area contributed by atoms with Crippen molar-refractivity contribution in [3.8, 4) is 6.07 Å². The second-order valence-electron chi connectivity index (χ2n) is 7.47. The Balaban J connectivity index is 1.90. The fourth-order valence-electron chi connectivity index (χ4n) is 3.55. The highest BCUT2D eigenvalue weighted by atomic mass is 35.5. The summed E-state index contributed by atoms with van der Waals surface area (Å²) >= 11 is 6.23. The average molecular weight is 450 g/mol. The maximum absolute atomic E-state index is 13.2. The quantitative estimate of drug-likeness (QED) is 0.638. The molecule has 1 atom stereocenters. The van der Waals surface area contributed by atoms with Gasteiger partial charge in [-0.05, 0) is 49.1 Å².